The van der Waals surface area contributed by atoms with Gasteiger partial charge in [-0.2, -0.15) is 0 Å². The summed E-state index contributed by atoms with van der Waals surface area (Å²) in [5, 5.41) is 10.3. The van der Waals surface area contributed by atoms with Crippen molar-refractivity contribution in [2.24, 2.45) is 0 Å². The van der Waals surface area contributed by atoms with Gasteiger partial charge < -0.3 is 9.67 Å². The molecule has 3 nitrogen and oxygen atoms in total. The lowest BCUT2D eigenvalue weighted by Gasteiger charge is -2.21. The minimum Gasteiger partial charge on any atom is -0.391 e. The van der Waals surface area contributed by atoms with E-state index in [1.807, 2.05) is 34.9 Å². The lowest BCUT2D eigenvalue weighted by Crippen LogP contribution is -2.24. The van der Waals surface area contributed by atoms with Crippen LogP contribution in [0.15, 0.2) is 30.3 Å². The van der Waals surface area contributed by atoms with E-state index in [1.54, 1.807) is 0 Å². The summed E-state index contributed by atoms with van der Waals surface area (Å²) in [7, 11) is 0. The number of aromatic nitrogens is 2. The molecule has 4 heteroatoms. The fourth-order valence-electron chi connectivity index (χ4n) is 2.30. The third-order valence-electron chi connectivity index (χ3n) is 3.16. The van der Waals surface area contributed by atoms with Gasteiger partial charge in [-0.05, 0) is 12.8 Å². The lowest BCUT2D eigenvalue weighted by atomic mass is 10.1. The fourth-order valence-corrected chi connectivity index (χ4v) is 2.58. The van der Waals surface area contributed by atoms with Crippen LogP contribution in [0.3, 0.4) is 0 Å². The van der Waals surface area contributed by atoms with Gasteiger partial charge in [0.2, 0.25) is 0 Å². The maximum absolute atomic E-state index is 9.74. The second kappa shape index (κ2) is 4.17. The quantitative estimate of drug-likeness (QED) is 0.842. The van der Waals surface area contributed by atoms with Crippen molar-refractivity contribution in [2.75, 3.05) is 0 Å². The first-order chi connectivity index (χ1) is 8.25. The van der Waals surface area contributed by atoms with Gasteiger partial charge >= 0.3 is 0 Å². The predicted molar refractivity (Wildman–Crippen MR) is 67.0 cm³/mol. The molecule has 17 heavy (non-hydrogen) atoms. The van der Waals surface area contributed by atoms with Crippen molar-refractivity contribution in [1.29, 1.82) is 0 Å². The molecule has 1 aromatic carbocycles. The first-order valence-corrected chi connectivity index (χ1v) is 6.12. The maximum atomic E-state index is 9.74. The molecule has 1 aliphatic rings. The number of rotatable bonds is 1. The minimum absolute atomic E-state index is 0.296. The molecule has 1 atom stereocenters. The van der Waals surface area contributed by atoms with Gasteiger partial charge in [0, 0.05) is 5.56 Å². The highest BCUT2D eigenvalue weighted by Crippen LogP contribution is 2.29. The molecular weight excluding hydrogens is 236 g/mol. The Balaban J connectivity index is 2.13. The van der Waals surface area contributed by atoms with E-state index in [4.69, 9.17) is 11.6 Å². The second-order valence-corrected chi connectivity index (χ2v) is 4.70. The largest absolute Gasteiger partial charge is 0.391 e. The highest BCUT2D eigenvalue weighted by atomic mass is 35.5. The van der Waals surface area contributed by atoms with E-state index in [9.17, 15) is 5.11 Å². The molecule has 0 saturated heterocycles. The Morgan fingerprint density at radius 2 is 2.06 bits per heavy atom. The molecule has 2 heterocycles. The molecule has 0 aliphatic carbocycles. The SMILES string of the molecule is OC1CCc2c(Cl)nc(-c3ccccc3)n2C1. The van der Waals surface area contributed by atoms with Crippen molar-refractivity contribution >= 4 is 11.6 Å². The van der Waals surface area contributed by atoms with Crippen molar-refractivity contribution in [3.05, 3.63) is 41.2 Å². The predicted octanol–water partition coefficient (Wildman–Crippen LogP) is 2.51. The van der Waals surface area contributed by atoms with E-state index in [1.165, 1.54) is 0 Å². The van der Waals surface area contributed by atoms with Crippen LogP contribution in [-0.2, 0) is 13.0 Å². The number of fused-ring (bicyclic) bond motifs is 1. The monoisotopic (exact) mass is 248 g/mol. The van der Waals surface area contributed by atoms with Crippen molar-refractivity contribution in [2.45, 2.75) is 25.5 Å². The van der Waals surface area contributed by atoms with Gasteiger partial charge in [0.1, 0.15) is 5.82 Å². The standard InChI is InChI=1S/C13H13ClN2O/c14-12-11-7-6-10(17)8-16(11)13(15-12)9-4-2-1-3-5-9/h1-5,10,17H,6-8H2. The van der Waals surface area contributed by atoms with Crippen LogP contribution in [0.4, 0.5) is 0 Å². The number of aliphatic hydroxyl groups excluding tert-OH is 1. The molecule has 0 radical (unpaired) electrons. The zero-order valence-corrected chi connectivity index (χ0v) is 10.1. The topological polar surface area (TPSA) is 38.1 Å². The smallest absolute Gasteiger partial charge is 0.150 e. The van der Waals surface area contributed by atoms with Crippen LogP contribution in [0, 0.1) is 0 Å². The number of hydrogen-bond acceptors (Lipinski definition) is 2. The van der Waals surface area contributed by atoms with Crippen LogP contribution in [0.2, 0.25) is 5.15 Å². The molecule has 0 spiro atoms. The molecule has 3 rings (SSSR count). The van der Waals surface area contributed by atoms with Crippen molar-refractivity contribution in [3.8, 4) is 11.4 Å². The Kier molecular flexibility index (Phi) is 2.65. The molecule has 0 amide bonds. The van der Waals surface area contributed by atoms with Crippen LogP contribution < -0.4 is 0 Å². The first-order valence-electron chi connectivity index (χ1n) is 5.74. The molecule has 88 valence electrons. The van der Waals surface area contributed by atoms with E-state index in [-0.39, 0.29) is 6.10 Å². The van der Waals surface area contributed by atoms with Crippen LogP contribution in [0.1, 0.15) is 12.1 Å². The molecule has 0 fully saturated rings. The van der Waals surface area contributed by atoms with E-state index in [0.29, 0.717) is 11.7 Å². The second-order valence-electron chi connectivity index (χ2n) is 4.34. The van der Waals surface area contributed by atoms with Crippen LogP contribution >= 0.6 is 11.6 Å². The van der Waals surface area contributed by atoms with Gasteiger partial charge in [0.15, 0.2) is 5.15 Å². The van der Waals surface area contributed by atoms with Crippen molar-refractivity contribution in [1.82, 2.24) is 9.55 Å². The summed E-state index contributed by atoms with van der Waals surface area (Å²) in [6.45, 7) is 0.583. The Morgan fingerprint density at radius 3 is 2.82 bits per heavy atom. The zero-order valence-electron chi connectivity index (χ0n) is 9.31. The Labute approximate surface area is 105 Å². The molecule has 2 aromatic rings. The summed E-state index contributed by atoms with van der Waals surface area (Å²) < 4.78 is 2.03. The van der Waals surface area contributed by atoms with Crippen molar-refractivity contribution in [3.63, 3.8) is 0 Å². The number of halogens is 1. The zero-order chi connectivity index (χ0) is 11.8. The van der Waals surface area contributed by atoms with Gasteiger partial charge in [-0.1, -0.05) is 41.9 Å². The summed E-state index contributed by atoms with van der Waals surface area (Å²) in [4.78, 5) is 4.41. The number of benzene rings is 1. The Bertz CT molecular complexity index is 536. The average molecular weight is 249 g/mol. The number of hydrogen-bond donors (Lipinski definition) is 1. The van der Waals surface area contributed by atoms with Crippen LogP contribution in [0.5, 0.6) is 0 Å². The number of nitrogens with zero attached hydrogens (tertiary/aromatic N) is 2. The summed E-state index contributed by atoms with van der Waals surface area (Å²) in [6.07, 6.45) is 1.26. The average Bonchev–Trinajstić information content (AvgIpc) is 2.67. The van der Waals surface area contributed by atoms with E-state index in [0.717, 1.165) is 29.9 Å². The number of imidazole rings is 1. The minimum atomic E-state index is -0.296. The van der Waals surface area contributed by atoms with Gasteiger partial charge in [-0.15, -0.1) is 0 Å². The highest BCUT2D eigenvalue weighted by Gasteiger charge is 2.23. The molecule has 1 unspecified atom stereocenters. The normalized spacial score (nSPS) is 19.1. The first kappa shape index (κ1) is 10.8. The van der Waals surface area contributed by atoms with Crippen LogP contribution in [0.25, 0.3) is 11.4 Å². The Hall–Kier alpha value is -1.32. The van der Waals surface area contributed by atoms with Gasteiger partial charge in [-0.3, -0.25) is 0 Å². The summed E-state index contributed by atoms with van der Waals surface area (Å²) >= 11 is 6.15. The molecule has 1 N–H and O–H groups in total. The van der Waals surface area contributed by atoms with E-state index < -0.39 is 0 Å². The fraction of sp³-hybridized carbons (Fsp3) is 0.308. The molecule has 1 aromatic heterocycles. The third-order valence-corrected chi connectivity index (χ3v) is 3.47. The molecule has 0 saturated carbocycles. The third kappa shape index (κ3) is 1.85. The Morgan fingerprint density at radius 1 is 1.29 bits per heavy atom. The summed E-state index contributed by atoms with van der Waals surface area (Å²) in [6, 6.07) is 9.94. The highest BCUT2D eigenvalue weighted by molar-refractivity contribution is 6.30. The molecule has 1 aliphatic heterocycles. The van der Waals surface area contributed by atoms with Gasteiger partial charge in [0.25, 0.3) is 0 Å². The van der Waals surface area contributed by atoms with E-state index in [2.05, 4.69) is 4.98 Å². The summed E-state index contributed by atoms with van der Waals surface area (Å²) in [5.74, 6) is 0.851. The van der Waals surface area contributed by atoms with Gasteiger partial charge in [0.05, 0.1) is 18.3 Å². The maximum Gasteiger partial charge on any atom is 0.150 e. The molecular formula is C13H13ClN2O. The van der Waals surface area contributed by atoms with Gasteiger partial charge in [-0.25, -0.2) is 4.98 Å². The summed E-state index contributed by atoms with van der Waals surface area (Å²) in [5.41, 5.74) is 2.07. The lowest BCUT2D eigenvalue weighted by molar-refractivity contribution is 0.132. The molecule has 0 bridgehead atoms. The van der Waals surface area contributed by atoms with E-state index >= 15 is 0 Å². The number of aliphatic hydroxyl groups is 1. The van der Waals surface area contributed by atoms with Crippen LogP contribution in [-0.4, -0.2) is 20.8 Å². The van der Waals surface area contributed by atoms with Crippen molar-refractivity contribution < 1.29 is 5.11 Å².